The van der Waals surface area contributed by atoms with Crippen LogP contribution in [0, 0.1) is 18.2 Å². The van der Waals surface area contributed by atoms with Crippen molar-refractivity contribution in [3.05, 3.63) is 47.4 Å². The summed E-state index contributed by atoms with van der Waals surface area (Å²) in [7, 11) is 0. The average molecular weight is 758 g/mol. The Hall–Kier alpha value is -3.68. The van der Waals surface area contributed by atoms with Crippen LogP contribution in [0.3, 0.4) is 0 Å². The SMILES string of the molecule is CCc1c(F)ccc2cc(O)cc(-c3ncc4c(N5CC(CO)OCC(C)(O)C5)nc(OCC56CCCC5N(C5CC(C)OC(C)C5)CCC6)nc4c3C)c12. The van der Waals surface area contributed by atoms with Crippen LogP contribution in [-0.4, -0.2) is 111 Å². The summed E-state index contributed by atoms with van der Waals surface area (Å²) in [6, 6.07) is 7.56. The summed E-state index contributed by atoms with van der Waals surface area (Å²) in [5, 5.41) is 34.4. The van der Waals surface area contributed by atoms with E-state index in [-0.39, 0.29) is 61.5 Å². The number of aliphatic hydroxyl groups excluding tert-OH is 1. The topological polar surface area (TPSA) is 134 Å². The van der Waals surface area contributed by atoms with Crippen LogP contribution in [0.2, 0.25) is 0 Å². The lowest BCUT2D eigenvalue weighted by atomic mass is 9.74. The van der Waals surface area contributed by atoms with Gasteiger partial charge < -0.3 is 34.4 Å². The van der Waals surface area contributed by atoms with Crippen LogP contribution in [0.4, 0.5) is 10.2 Å². The van der Waals surface area contributed by atoms with E-state index < -0.39 is 11.7 Å². The molecule has 4 aromatic rings. The molecular weight excluding hydrogens is 701 g/mol. The Labute approximate surface area is 322 Å². The van der Waals surface area contributed by atoms with Crippen LogP contribution in [0.25, 0.3) is 32.9 Å². The molecule has 0 radical (unpaired) electrons. The van der Waals surface area contributed by atoms with Crippen molar-refractivity contribution in [2.75, 3.05) is 44.4 Å². The van der Waals surface area contributed by atoms with E-state index in [0.717, 1.165) is 62.4 Å². The highest BCUT2D eigenvalue weighted by atomic mass is 19.1. The van der Waals surface area contributed by atoms with Crippen molar-refractivity contribution in [3.8, 4) is 23.0 Å². The van der Waals surface area contributed by atoms with Gasteiger partial charge in [-0.1, -0.05) is 19.4 Å². The van der Waals surface area contributed by atoms with Gasteiger partial charge in [-0.2, -0.15) is 9.97 Å². The van der Waals surface area contributed by atoms with Crippen LogP contribution in [0.1, 0.15) is 83.8 Å². The number of hydrogen-bond acceptors (Lipinski definition) is 11. The summed E-state index contributed by atoms with van der Waals surface area (Å²) in [6.07, 6.45) is 9.80. The second kappa shape index (κ2) is 15.0. The fourth-order valence-corrected chi connectivity index (χ4v) is 10.4. The first-order chi connectivity index (χ1) is 26.4. The van der Waals surface area contributed by atoms with E-state index in [1.54, 1.807) is 31.3 Å². The largest absolute Gasteiger partial charge is 0.508 e. The number of β-amino-alcohol motifs (C(OH)–C–C–N with tert-alkyl or cyclic N) is 1. The quantitative estimate of drug-likeness (QED) is 0.183. The molecule has 4 fully saturated rings. The third-order valence-corrected chi connectivity index (χ3v) is 12.8. The van der Waals surface area contributed by atoms with Crippen molar-refractivity contribution in [1.82, 2.24) is 19.9 Å². The molecule has 11 nitrogen and oxygen atoms in total. The Morgan fingerprint density at radius 3 is 2.64 bits per heavy atom. The molecule has 296 valence electrons. The Morgan fingerprint density at radius 1 is 1.09 bits per heavy atom. The van der Waals surface area contributed by atoms with Gasteiger partial charge in [0, 0.05) is 41.4 Å². The summed E-state index contributed by atoms with van der Waals surface area (Å²) >= 11 is 0. The number of rotatable bonds is 8. The van der Waals surface area contributed by atoms with Gasteiger partial charge >= 0.3 is 6.01 Å². The molecule has 2 aromatic carbocycles. The van der Waals surface area contributed by atoms with Gasteiger partial charge in [-0.15, -0.1) is 0 Å². The van der Waals surface area contributed by atoms with Gasteiger partial charge in [-0.05, 0) is 114 Å². The summed E-state index contributed by atoms with van der Waals surface area (Å²) in [5.74, 6) is 0.285. The van der Waals surface area contributed by atoms with E-state index >= 15 is 4.39 Å². The Bertz CT molecular complexity index is 2050. The predicted molar refractivity (Wildman–Crippen MR) is 210 cm³/mol. The lowest BCUT2D eigenvalue weighted by Gasteiger charge is -2.51. The molecule has 5 heterocycles. The number of hydrogen-bond donors (Lipinski definition) is 3. The zero-order valence-electron chi connectivity index (χ0n) is 32.9. The molecule has 6 unspecified atom stereocenters. The summed E-state index contributed by atoms with van der Waals surface area (Å²) in [6.45, 7) is 11.9. The van der Waals surface area contributed by atoms with Crippen molar-refractivity contribution in [2.24, 2.45) is 5.41 Å². The minimum Gasteiger partial charge on any atom is -0.508 e. The highest BCUT2D eigenvalue weighted by molar-refractivity contribution is 6.03. The maximum atomic E-state index is 15.3. The van der Waals surface area contributed by atoms with E-state index in [2.05, 4.69) is 18.7 Å². The Morgan fingerprint density at radius 2 is 1.87 bits per heavy atom. The Kier molecular flexibility index (Phi) is 10.4. The highest BCUT2D eigenvalue weighted by Gasteiger charge is 2.51. The molecule has 0 spiro atoms. The second-order valence-electron chi connectivity index (χ2n) is 17.1. The number of phenolic OH excluding ortho intramolecular Hbond substituents is 1. The number of aromatic nitrogens is 3. The molecule has 55 heavy (non-hydrogen) atoms. The smallest absolute Gasteiger partial charge is 0.318 e. The van der Waals surface area contributed by atoms with Gasteiger partial charge in [0.1, 0.15) is 23.0 Å². The van der Waals surface area contributed by atoms with E-state index in [1.807, 2.05) is 18.7 Å². The Balaban J connectivity index is 1.22. The number of pyridine rings is 1. The minimum absolute atomic E-state index is 0.0246. The number of aromatic hydroxyl groups is 1. The molecule has 4 aliphatic rings. The predicted octanol–water partition coefficient (Wildman–Crippen LogP) is 6.48. The lowest BCUT2D eigenvalue weighted by Crippen LogP contribution is -2.57. The maximum Gasteiger partial charge on any atom is 0.318 e. The monoisotopic (exact) mass is 757 g/mol. The van der Waals surface area contributed by atoms with Crippen LogP contribution in [-0.2, 0) is 15.9 Å². The average Bonchev–Trinajstić information content (AvgIpc) is 3.52. The van der Waals surface area contributed by atoms with Crippen molar-refractivity contribution in [1.29, 1.82) is 0 Å². The molecule has 3 N–H and O–H groups in total. The molecule has 6 atom stereocenters. The van der Waals surface area contributed by atoms with E-state index in [9.17, 15) is 15.3 Å². The molecule has 0 amide bonds. The zero-order valence-corrected chi connectivity index (χ0v) is 32.9. The van der Waals surface area contributed by atoms with Gasteiger partial charge in [0.25, 0.3) is 0 Å². The van der Waals surface area contributed by atoms with Gasteiger partial charge in [0.05, 0.1) is 61.3 Å². The molecule has 12 heteroatoms. The molecule has 0 bridgehead atoms. The van der Waals surface area contributed by atoms with Crippen molar-refractivity contribution >= 4 is 27.5 Å². The van der Waals surface area contributed by atoms with Crippen LogP contribution in [0.15, 0.2) is 30.5 Å². The lowest BCUT2D eigenvalue weighted by molar-refractivity contribution is -0.0967. The highest BCUT2D eigenvalue weighted by Crippen LogP contribution is 2.50. The third kappa shape index (κ3) is 7.25. The summed E-state index contributed by atoms with van der Waals surface area (Å²) in [5.41, 5.74) is 1.84. The number of halogens is 1. The molecule has 3 aliphatic heterocycles. The number of phenols is 1. The van der Waals surface area contributed by atoms with Gasteiger partial charge in [-0.25, -0.2) is 4.39 Å². The standard InChI is InChI=1S/C43H56FN5O6/c1-6-32-35(44)11-10-28-17-30(51)18-33(37(28)32)38-27(4)39-34(19-45-38)40(48-20-31(21-50)53-23-42(5,52)22-48)47-41(46-39)54-24-43-12-7-9-36(43)49(14-8-13-43)29-15-25(2)55-26(3)16-29/h10-11,17-19,25-26,29,31,36,50-52H,6-9,12-16,20-24H2,1-5H3. The minimum atomic E-state index is -1.22. The van der Waals surface area contributed by atoms with Crippen molar-refractivity contribution in [3.63, 3.8) is 0 Å². The number of aryl methyl sites for hydroxylation is 2. The van der Waals surface area contributed by atoms with Crippen LogP contribution < -0.4 is 9.64 Å². The first-order valence-electron chi connectivity index (χ1n) is 20.2. The van der Waals surface area contributed by atoms with Gasteiger partial charge in [-0.3, -0.25) is 9.88 Å². The number of nitrogens with zero attached hydrogens (tertiary/aromatic N) is 5. The van der Waals surface area contributed by atoms with Crippen molar-refractivity contribution in [2.45, 2.75) is 122 Å². The first-order valence-corrected chi connectivity index (χ1v) is 20.2. The fourth-order valence-electron chi connectivity index (χ4n) is 10.4. The number of anilines is 1. The number of piperidine rings is 1. The van der Waals surface area contributed by atoms with E-state index in [0.29, 0.717) is 64.0 Å². The van der Waals surface area contributed by atoms with Gasteiger partial charge in [0.2, 0.25) is 0 Å². The molecular formula is C43H56FN5O6. The van der Waals surface area contributed by atoms with Crippen molar-refractivity contribution < 1.29 is 33.9 Å². The number of ether oxygens (including phenoxy) is 3. The maximum absolute atomic E-state index is 15.3. The molecule has 8 rings (SSSR count). The number of likely N-dealkylation sites (tertiary alicyclic amines) is 1. The van der Waals surface area contributed by atoms with E-state index in [4.69, 9.17) is 29.2 Å². The molecule has 3 saturated heterocycles. The number of benzene rings is 2. The van der Waals surface area contributed by atoms with Crippen LogP contribution >= 0.6 is 0 Å². The summed E-state index contributed by atoms with van der Waals surface area (Å²) < 4.78 is 34.1. The molecule has 1 saturated carbocycles. The molecule has 2 aromatic heterocycles. The third-order valence-electron chi connectivity index (χ3n) is 12.8. The number of aliphatic hydroxyl groups is 2. The van der Waals surface area contributed by atoms with Crippen LogP contribution in [0.5, 0.6) is 11.8 Å². The fraction of sp³-hybridized carbons (Fsp3) is 0.605. The number of fused-ring (bicyclic) bond motifs is 3. The normalized spacial score (nSPS) is 30.5. The van der Waals surface area contributed by atoms with Gasteiger partial charge in [0.15, 0.2) is 0 Å². The summed E-state index contributed by atoms with van der Waals surface area (Å²) in [4.78, 5) is 19.8. The molecule has 1 aliphatic carbocycles. The second-order valence-corrected chi connectivity index (χ2v) is 17.1. The zero-order chi connectivity index (χ0) is 38.6. The van der Waals surface area contributed by atoms with E-state index in [1.165, 1.54) is 6.07 Å². The first kappa shape index (κ1) is 38.2.